The van der Waals surface area contributed by atoms with Crippen molar-refractivity contribution >= 4 is 11.6 Å². The smallest absolute Gasteiger partial charge is 0.160 e. The Hall–Kier alpha value is -0.700. The van der Waals surface area contributed by atoms with Crippen molar-refractivity contribution in [1.29, 1.82) is 0 Å². The molecule has 0 amide bonds. The van der Waals surface area contributed by atoms with Gasteiger partial charge in [-0.1, -0.05) is 6.92 Å². The number of aryl methyl sites for hydroxylation is 1. The maximum absolute atomic E-state index is 5.97. The Bertz CT molecular complexity index is 296. The van der Waals surface area contributed by atoms with Gasteiger partial charge in [0.05, 0.1) is 19.0 Å². The van der Waals surface area contributed by atoms with Crippen LogP contribution in [0.1, 0.15) is 31.9 Å². The van der Waals surface area contributed by atoms with E-state index in [0.29, 0.717) is 5.92 Å². The van der Waals surface area contributed by atoms with Crippen LogP contribution in [-0.2, 0) is 7.05 Å². The van der Waals surface area contributed by atoms with Crippen molar-refractivity contribution < 1.29 is 4.74 Å². The summed E-state index contributed by atoms with van der Waals surface area (Å²) in [4.78, 5) is 0. The van der Waals surface area contributed by atoms with E-state index in [1.54, 1.807) is 13.3 Å². The van der Waals surface area contributed by atoms with Crippen LogP contribution in [0.2, 0.25) is 0 Å². The molecule has 4 heteroatoms. The van der Waals surface area contributed by atoms with Crippen LogP contribution in [-0.4, -0.2) is 22.3 Å². The molecule has 0 aliphatic carbocycles. The number of halogens is 1. The van der Waals surface area contributed by atoms with Gasteiger partial charge in [0, 0.05) is 18.3 Å². The minimum Gasteiger partial charge on any atom is -0.493 e. The molecule has 0 aliphatic heterocycles. The number of nitrogens with zero attached hydrogens (tertiary/aromatic N) is 2. The monoisotopic (exact) mass is 216 g/mol. The van der Waals surface area contributed by atoms with Crippen LogP contribution in [0.3, 0.4) is 0 Å². The molecule has 1 rings (SSSR count). The summed E-state index contributed by atoms with van der Waals surface area (Å²) in [5.41, 5.74) is 1.11. The van der Waals surface area contributed by atoms with E-state index in [4.69, 9.17) is 16.3 Å². The van der Waals surface area contributed by atoms with Crippen molar-refractivity contribution in [3.05, 3.63) is 11.9 Å². The average Bonchev–Trinajstić information content (AvgIpc) is 2.45. The number of methoxy groups -OCH3 is 1. The van der Waals surface area contributed by atoms with Gasteiger partial charge in [-0.05, 0) is 13.3 Å². The third-order valence-electron chi connectivity index (χ3n) is 2.31. The molecule has 0 saturated heterocycles. The van der Waals surface area contributed by atoms with E-state index >= 15 is 0 Å². The Morgan fingerprint density at radius 2 is 2.21 bits per heavy atom. The second-order valence-corrected chi connectivity index (χ2v) is 4.38. The van der Waals surface area contributed by atoms with Gasteiger partial charge in [0.15, 0.2) is 5.75 Å². The van der Waals surface area contributed by atoms with Gasteiger partial charge in [0.25, 0.3) is 0 Å². The van der Waals surface area contributed by atoms with E-state index in [-0.39, 0.29) is 5.38 Å². The lowest BCUT2D eigenvalue weighted by Gasteiger charge is -2.14. The summed E-state index contributed by atoms with van der Waals surface area (Å²) in [7, 11) is 3.59. The average molecular weight is 217 g/mol. The standard InChI is InChI=1S/C10H17ClN2O/c1-7(5-8(2)11)10-9(14-4)6-12-13(10)3/h6-8H,5H2,1-4H3. The molecule has 1 aromatic rings. The van der Waals surface area contributed by atoms with Crippen LogP contribution in [0, 0.1) is 0 Å². The summed E-state index contributed by atoms with van der Waals surface area (Å²) in [5, 5.41) is 4.34. The van der Waals surface area contributed by atoms with Crippen LogP contribution in [0.15, 0.2) is 6.20 Å². The molecule has 0 aromatic carbocycles. The summed E-state index contributed by atoms with van der Waals surface area (Å²) >= 11 is 5.97. The van der Waals surface area contributed by atoms with Gasteiger partial charge in [-0.3, -0.25) is 4.68 Å². The van der Waals surface area contributed by atoms with Gasteiger partial charge >= 0.3 is 0 Å². The van der Waals surface area contributed by atoms with Crippen molar-refractivity contribution in [3.63, 3.8) is 0 Å². The summed E-state index contributed by atoms with van der Waals surface area (Å²) < 4.78 is 7.09. The molecule has 2 unspecified atom stereocenters. The lowest BCUT2D eigenvalue weighted by Crippen LogP contribution is -2.07. The van der Waals surface area contributed by atoms with Crippen molar-refractivity contribution in [1.82, 2.24) is 9.78 Å². The third-order valence-corrected chi connectivity index (χ3v) is 2.49. The molecule has 80 valence electrons. The van der Waals surface area contributed by atoms with Crippen LogP contribution in [0.25, 0.3) is 0 Å². The number of hydrogen-bond donors (Lipinski definition) is 0. The summed E-state index contributed by atoms with van der Waals surface area (Å²) in [6, 6.07) is 0. The molecule has 1 aromatic heterocycles. The number of alkyl halides is 1. The number of hydrogen-bond acceptors (Lipinski definition) is 2. The molecular formula is C10H17ClN2O. The lowest BCUT2D eigenvalue weighted by atomic mass is 10.0. The second kappa shape index (κ2) is 4.69. The first-order valence-electron chi connectivity index (χ1n) is 4.76. The van der Waals surface area contributed by atoms with Gasteiger partial charge in [-0.15, -0.1) is 11.6 Å². The highest BCUT2D eigenvalue weighted by molar-refractivity contribution is 6.20. The summed E-state index contributed by atoms with van der Waals surface area (Å²) in [6.45, 7) is 4.14. The highest BCUT2D eigenvalue weighted by Crippen LogP contribution is 2.29. The van der Waals surface area contributed by atoms with Gasteiger partial charge < -0.3 is 4.74 Å². The van der Waals surface area contributed by atoms with Crippen molar-refractivity contribution in [2.45, 2.75) is 31.6 Å². The van der Waals surface area contributed by atoms with Crippen molar-refractivity contribution in [2.24, 2.45) is 7.05 Å². The van der Waals surface area contributed by atoms with E-state index in [0.717, 1.165) is 17.9 Å². The number of ether oxygens (including phenoxy) is 1. The Kier molecular flexibility index (Phi) is 3.81. The molecule has 0 radical (unpaired) electrons. The molecule has 3 nitrogen and oxygen atoms in total. The Balaban J connectivity index is 2.86. The maximum Gasteiger partial charge on any atom is 0.160 e. The molecule has 0 N–H and O–H groups in total. The molecule has 1 heterocycles. The minimum atomic E-state index is 0.171. The lowest BCUT2D eigenvalue weighted by molar-refractivity contribution is 0.402. The SMILES string of the molecule is COc1cnn(C)c1C(C)CC(C)Cl. The van der Waals surface area contributed by atoms with Gasteiger partial charge in [-0.25, -0.2) is 0 Å². The Morgan fingerprint density at radius 3 is 2.71 bits per heavy atom. The summed E-state index contributed by atoms with van der Waals surface area (Å²) in [6.07, 6.45) is 2.67. The quantitative estimate of drug-likeness (QED) is 0.724. The first-order valence-corrected chi connectivity index (χ1v) is 5.19. The molecule has 0 aliphatic rings. The van der Waals surface area contributed by atoms with Gasteiger partial charge in [0.1, 0.15) is 0 Å². The van der Waals surface area contributed by atoms with E-state index < -0.39 is 0 Å². The predicted molar refractivity (Wildman–Crippen MR) is 58.1 cm³/mol. The van der Waals surface area contributed by atoms with Crippen molar-refractivity contribution in [2.75, 3.05) is 7.11 Å². The first kappa shape index (κ1) is 11.4. The molecule has 0 saturated carbocycles. The third kappa shape index (κ3) is 2.41. The topological polar surface area (TPSA) is 27.1 Å². The maximum atomic E-state index is 5.97. The highest BCUT2D eigenvalue weighted by atomic mass is 35.5. The largest absolute Gasteiger partial charge is 0.493 e. The summed E-state index contributed by atoms with van der Waals surface area (Å²) in [5.74, 6) is 1.21. The van der Waals surface area contributed by atoms with Crippen LogP contribution >= 0.6 is 11.6 Å². The van der Waals surface area contributed by atoms with E-state index in [1.165, 1.54) is 0 Å². The van der Waals surface area contributed by atoms with E-state index in [1.807, 2.05) is 18.7 Å². The minimum absolute atomic E-state index is 0.171. The van der Waals surface area contributed by atoms with Crippen LogP contribution < -0.4 is 4.74 Å². The fourth-order valence-corrected chi connectivity index (χ4v) is 2.01. The predicted octanol–water partition coefficient (Wildman–Crippen LogP) is 2.55. The highest BCUT2D eigenvalue weighted by Gasteiger charge is 2.17. The zero-order chi connectivity index (χ0) is 10.7. The zero-order valence-electron chi connectivity index (χ0n) is 9.12. The van der Waals surface area contributed by atoms with E-state index in [2.05, 4.69) is 12.0 Å². The normalized spacial score (nSPS) is 15.2. The molecule has 0 spiro atoms. The van der Waals surface area contributed by atoms with Gasteiger partial charge in [-0.2, -0.15) is 5.10 Å². The van der Waals surface area contributed by atoms with E-state index in [9.17, 15) is 0 Å². The van der Waals surface area contributed by atoms with Crippen LogP contribution in [0.5, 0.6) is 5.75 Å². The fraction of sp³-hybridized carbons (Fsp3) is 0.700. The molecular weight excluding hydrogens is 200 g/mol. The van der Waals surface area contributed by atoms with Crippen molar-refractivity contribution in [3.8, 4) is 5.75 Å². The molecule has 0 fully saturated rings. The first-order chi connectivity index (χ1) is 6.56. The molecule has 14 heavy (non-hydrogen) atoms. The number of rotatable bonds is 4. The second-order valence-electron chi connectivity index (χ2n) is 3.64. The molecule has 2 atom stereocenters. The van der Waals surface area contributed by atoms with Gasteiger partial charge in [0.2, 0.25) is 0 Å². The fourth-order valence-electron chi connectivity index (χ4n) is 1.74. The zero-order valence-corrected chi connectivity index (χ0v) is 9.88. The van der Waals surface area contributed by atoms with Crippen LogP contribution in [0.4, 0.5) is 0 Å². The number of aromatic nitrogens is 2. The molecule has 0 bridgehead atoms. The Morgan fingerprint density at radius 1 is 1.57 bits per heavy atom. The Labute approximate surface area is 90.0 Å².